The quantitative estimate of drug-likeness (QED) is 0.905. The summed E-state index contributed by atoms with van der Waals surface area (Å²) in [5.41, 5.74) is 2.14. The van der Waals surface area contributed by atoms with Gasteiger partial charge in [0, 0.05) is 44.3 Å². The van der Waals surface area contributed by atoms with Crippen molar-refractivity contribution in [3.05, 3.63) is 23.5 Å². The lowest BCUT2D eigenvalue weighted by Crippen LogP contribution is -2.41. The Bertz CT molecular complexity index is 757. The van der Waals surface area contributed by atoms with Crippen LogP contribution in [0.15, 0.2) is 12.3 Å². The molecular formula is C18H27N5O2. The predicted octanol–water partition coefficient (Wildman–Crippen LogP) is 1.33. The monoisotopic (exact) mass is 345 g/mol. The van der Waals surface area contributed by atoms with E-state index in [0.29, 0.717) is 12.1 Å². The van der Waals surface area contributed by atoms with Crippen molar-refractivity contribution in [1.29, 1.82) is 0 Å². The lowest BCUT2D eigenvalue weighted by Gasteiger charge is -2.26. The van der Waals surface area contributed by atoms with Crippen LogP contribution in [0.2, 0.25) is 0 Å². The van der Waals surface area contributed by atoms with Crippen molar-refractivity contribution in [2.75, 3.05) is 39.4 Å². The highest BCUT2D eigenvalue weighted by Crippen LogP contribution is 2.25. The van der Waals surface area contributed by atoms with Gasteiger partial charge >= 0.3 is 0 Å². The van der Waals surface area contributed by atoms with Crippen molar-refractivity contribution in [2.24, 2.45) is 7.05 Å². The molecule has 0 bridgehead atoms. The third kappa shape index (κ3) is 3.99. The molecule has 0 aliphatic carbocycles. The van der Waals surface area contributed by atoms with Gasteiger partial charge in [-0.05, 0) is 6.07 Å². The van der Waals surface area contributed by atoms with Crippen LogP contribution in [0.1, 0.15) is 36.8 Å². The summed E-state index contributed by atoms with van der Waals surface area (Å²) in [6, 6.07) is 1.90. The fourth-order valence-corrected chi connectivity index (χ4v) is 2.93. The fraction of sp³-hybridized carbons (Fsp3) is 0.611. The molecule has 3 rings (SSSR count). The fourth-order valence-electron chi connectivity index (χ4n) is 2.93. The van der Waals surface area contributed by atoms with Gasteiger partial charge in [0.25, 0.3) is 5.91 Å². The second kappa shape index (κ2) is 7.09. The number of nitrogens with zero attached hydrogens (tertiary/aromatic N) is 4. The van der Waals surface area contributed by atoms with Gasteiger partial charge in [-0.15, -0.1) is 0 Å². The SMILES string of the molecule is Cn1ncc2c(C(=O)NCCN3CCOCC3)cc(C(C)(C)C)nc21. The summed E-state index contributed by atoms with van der Waals surface area (Å²) in [6.07, 6.45) is 1.71. The number of carbonyl (C=O) groups is 1. The molecule has 3 heterocycles. The maximum atomic E-state index is 12.8. The van der Waals surface area contributed by atoms with Crippen LogP contribution in [0.5, 0.6) is 0 Å². The standard InChI is InChI=1S/C18H27N5O2/c1-18(2,3)15-11-13(14-12-20-22(4)16(14)21-15)17(24)19-5-6-23-7-9-25-10-8-23/h11-12H,5-10H2,1-4H3,(H,19,24). The third-order valence-corrected chi connectivity index (χ3v) is 4.54. The molecule has 0 radical (unpaired) electrons. The molecule has 1 fully saturated rings. The normalized spacial score (nSPS) is 16.3. The molecule has 0 aromatic carbocycles. The van der Waals surface area contributed by atoms with Gasteiger partial charge < -0.3 is 10.1 Å². The molecule has 1 aliphatic rings. The minimum Gasteiger partial charge on any atom is -0.379 e. The topological polar surface area (TPSA) is 72.3 Å². The molecule has 1 aliphatic heterocycles. The predicted molar refractivity (Wildman–Crippen MR) is 96.8 cm³/mol. The maximum Gasteiger partial charge on any atom is 0.252 e. The molecular weight excluding hydrogens is 318 g/mol. The summed E-state index contributed by atoms with van der Waals surface area (Å²) in [6.45, 7) is 11.1. The van der Waals surface area contributed by atoms with Crippen LogP contribution >= 0.6 is 0 Å². The molecule has 1 saturated heterocycles. The Hall–Kier alpha value is -1.99. The van der Waals surface area contributed by atoms with E-state index in [2.05, 4.69) is 36.1 Å². The Kier molecular flexibility index (Phi) is 5.06. The van der Waals surface area contributed by atoms with E-state index in [0.717, 1.165) is 49.6 Å². The number of fused-ring (bicyclic) bond motifs is 1. The van der Waals surface area contributed by atoms with Crippen molar-refractivity contribution in [1.82, 2.24) is 25.0 Å². The number of carbonyl (C=O) groups excluding carboxylic acids is 1. The molecule has 1 amide bonds. The number of amides is 1. The van der Waals surface area contributed by atoms with E-state index >= 15 is 0 Å². The van der Waals surface area contributed by atoms with E-state index in [9.17, 15) is 4.79 Å². The first-order valence-electron chi connectivity index (χ1n) is 8.78. The number of aromatic nitrogens is 3. The molecule has 0 spiro atoms. The van der Waals surface area contributed by atoms with Crippen LogP contribution < -0.4 is 5.32 Å². The van der Waals surface area contributed by atoms with Gasteiger partial charge in [0.2, 0.25) is 0 Å². The molecule has 0 unspecified atom stereocenters. The second-order valence-electron chi connectivity index (χ2n) is 7.52. The maximum absolute atomic E-state index is 12.8. The van der Waals surface area contributed by atoms with E-state index in [1.807, 2.05) is 13.1 Å². The highest BCUT2D eigenvalue weighted by atomic mass is 16.5. The van der Waals surface area contributed by atoms with Gasteiger partial charge in [-0.1, -0.05) is 20.8 Å². The first-order valence-corrected chi connectivity index (χ1v) is 8.78. The average molecular weight is 345 g/mol. The number of pyridine rings is 1. The zero-order valence-electron chi connectivity index (χ0n) is 15.5. The Balaban J connectivity index is 1.77. The van der Waals surface area contributed by atoms with Crippen molar-refractivity contribution in [3.63, 3.8) is 0 Å². The van der Waals surface area contributed by atoms with Gasteiger partial charge in [0.05, 0.1) is 30.4 Å². The average Bonchev–Trinajstić information content (AvgIpc) is 2.95. The largest absolute Gasteiger partial charge is 0.379 e. The minimum absolute atomic E-state index is 0.0702. The summed E-state index contributed by atoms with van der Waals surface area (Å²) >= 11 is 0. The van der Waals surface area contributed by atoms with Gasteiger partial charge in [-0.2, -0.15) is 5.10 Å². The molecule has 25 heavy (non-hydrogen) atoms. The van der Waals surface area contributed by atoms with Crippen LogP contribution in [0.3, 0.4) is 0 Å². The van der Waals surface area contributed by atoms with Crippen molar-refractivity contribution < 1.29 is 9.53 Å². The van der Waals surface area contributed by atoms with E-state index in [-0.39, 0.29) is 11.3 Å². The number of hydrogen-bond acceptors (Lipinski definition) is 5. The van der Waals surface area contributed by atoms with Crippen LogP contribution in [-0.2, 0) is 17.2 Å². The third-order valence-electron chi connectivity index (χ3n) is 4.54. The summed E-state index contributed by atoms with van der Waals surface area (Å²) in [5, 5.41) is 8.10. The van der Waals surface area contributed by atoms with E-state index in [1.54, 1.807) is 10.9 Å². The zero-order chi connectivity index (χ0) is 18.0. The number of aryl methyl sites for hydroxylation is 1. The Morgan fingerprint density at radius 3 is 2.72 bits per heavy atom. The van der Waals surface area contributed by atoms with Crippen LogP contribution in [0.25, 0.3) is 11.0 Å². The number of ether oxygens (including phenoxy) is 1. The summed E-state index contributed by atoms with van der Waals surface area (Å²) in [5.74, 6) is -0.0702. The summed E-state index contributed by atoms with van der Waals surface area (Å²) in [4.78, 5) is 19.8. The van der Waals surface area contributed by atoms with Crippen molar-refractivity contribution in [2.45, 2.75) is 26.2 Å². The summed E-state index contributed by atoms with van der Waals surface area (Å²) in [7, 11) is 1.85. The first-order chi connectivity index (χ1) is 11.9. The van der Waals surface area contributed by atoms with Gasteiger partial charge in [0.15, 0.2) is 5.65 Å². The second-order valence-corrected chi connectivity index (χ2v) is 7.52. The molecule has 0 saturated carbocycles. The molecule has 136 valence electrons. The number of nitrogens with one attached hydrogen (secondary N) is 1. The number of morpholine rings is 1. The smallest absolute Gasteiger partial charge is 0.252 e. The molecule has 2 aromatic rings. The highest BCUT2D eigenvalue weighted by Gasteiger charge is 2.22. The zero-order valence-corrected chi connectivity index (χ0v) is 15.5. The van der Waals surface area contributed by atoms with Crippen molar-refractivity contribution >= 4 is 16.9 Å². The highest BCUT2D eigenvalue weighted by molar-refractivity contribution is 6.05. The number of hydrogen-bond donors (Lipinski definition) is 1. The lowest BCUT2D eigenvalue weighted by molar-refractivity contribution is 0.0383. The molecule has 0 atom stereocenters. The Labute approximate surface area is 148 Å². The molecule has 1 N–H and O–H groups in total. The Morgan fingerprint density at radius 1 is 1.32 bits per heavy atom. The van der Waals surface area contributed by atoms with Gasteiger partial charge in [0.1, 0.15) is 0 Å². The van der Waals surface area contributed by atoms with Crippen LogP contribution in [-0.4, -0.2) is 65.0 Å². The molecule has 2 aromatic heterocycles. The molecule has 7 heteroatoms. The number of rotatable bonds is 4. The van der Waals surface area contributed by atoms with Crippen molar-refractivity contribution in [3.8, 4) is 0 Å². The van der Waals surface area contributed by atoms with Crippen LogP contribution in [0, 0.1) is 0 Å². The van der Waals surface area contributed by atoms with E-state index in [4.69, 9.17) is 9.72 Å². The minimum atomic E-state index is -0.138. The van der Waals surface area contributed by atoms with E-state index < -0.39 is 0 Å². The van der Waals surface area contributed by atoms with E-state index in [1.165, 1.54) is 0 Å². The van der Waals surface area contributed by atoms with Crippen LogP contribution in [0.4, 0.5) is 0 Å². The Morgan fingerprint density at radius 2 is 2.04 bits per heavy atom. The summed E-state index contributed by atoms with van der Waals surface area (Å²) < 4.78 is 7.06. The lowest BCUT2D eigenvalue weighted by atomic mass is 9.90. The first kappa shape index (κ1) is 17.8. The van der Waals surface area contributed by atoms with Gasteiger partial charge in [-0.25, -0.2) is 4.98 Å². The van der Waals surface area contributed by atoms with Gasteiger partial charge in [-0.3, -0.25) is 14.4 Å². The molecule has 7 nitrogen and oxygen atoms in total.